The molecule has 2 aromatic carbocycles. The molecule has 1 aliphatic rings. The molecule has 1 N–H and O–H groups in total. The van der Waals surface area contributed by atoms with Crippen LogP contribution in [0, 0.1) is 5.92 Å². The van der Waals surface area contributed by atoms with Gasteiger partial charge in [0.25, 0.3) is 0 Å². The number of Topliss-reactive ketones (excluding diaryl/α,β-unsaturated/α-hetero) is 1. The lowest BCUT2D eigenvalue weighted by Gasteiger charge is -2.32. The zero-order valence-electron chi connectivity index (χ0n) is 18.0. The first kappa shape index (κ1) is 22.0. The van der Waals surface area contributed by atoms with Crippen LogP contribution >= 0.6 is 0 Å². The monoisotopic (exact) mass is 423 g/mol. The first-order chi connectivity index (χ1) is 14.0. The summed E-state index contributed by atoms with van der Waals surface area (Å²) in [4.78, 5) is 13.3. The molecule has 3 rings (SSSR count). The van der Waals surface area contributed by atoms with Gasteiger partial charge in [-0.05, 0) is 50.3 Å². The van der Waals surface area contributed by atoms with E-state index in [1.807, 2.05) is 48.5 Å². The van der Waals surface area contributed by atoms with Gasteiger partial charge in [-0.2, -0.15) is 0 Å². The van der Waals surface area contributed by atoms with Gasteiger partial charge in [-0.1, -0.05) is 54.6 Å². The van der Waals surface area contributed by atoms with E-state index >= 15 is 0 Å². The molecule has 0 unspecified atom stereocenters. The molecule has 0 amide bonds. The number of nitrogens with one attached hydrogen (secondary N) is 1. The molecule has 0 aromatic heterocycles. The number of allylic oxidation sites excluding steroid dienone is 2. The smallest absolute Gasteiger partial charge is 0.168 e. The average molecular weight is 424 g/mol. The molecule has 0 fully saturated rings. The van der Waals surface area contributed by atoms with Crippen molar-refractivity contribution in [2.45, 2.75) is 39.2 Å². The second-order valence-corrected chi connectivity index (χ2v) is 10.6. The van der Waals surface area contributed by atoms with Crippen molar-refractivity contribution in [2.24, 2.45) is 5.92 Å². The Morgan fingerprint density at radius 3 is 2.47 bits per heavy atom. The minimum atomic E-state index is -3.26. The van der Waals surface area contributed by atoms with Crippen molar-refractivity contribution in [3.05, 3.63) is 82.8 Å². The summed E-state index contributed by atoms with van der Waals surface area (Å²) in [5.74, 6) is -0.206. The third-order valence-corrected chi connectivity index (χ3v) is 5.85. The van der Waals surface area contributed by atoms with Crippen LogP contribution in [0.4, 0.5) is 5.69 Å². The predicted octanol–water partition coefficient (Wildman–Crippen LogP) is 5.28. The molecular weight excluding hydrogens is 394 g/mol. The van der Waals surface area contributed by atoms with Gasteiger partial charge in [-0.15, -0.1) is 0 Å². The number of anilines is 1. The molecule has 5 heteroatoms. The van der Waals surface area contributed by atoms with Gasteiger partial charge in [0.2, 0.25) is 0 Å². The SMILES string of the molecule is CC1=CC(C)(C)Nc2c(C(=O)C[C@H](/C=C/S(C)(=O)=O)Cc3ccccc3)cccc21. The van der Waals surface area contributed by atoms with Gasteiger partial charge in [0.05, 0.1) is 11.2 Å². The molecule has 0 aliphatic carbocycles. The van der Waals surface area contributed by atoms with Crippen molar-refractivity contribution in [2.75, 3.05) is 11.6 Å². The van der Waals surface area contributed by atoms with Crippen molar-refractivity contribution in [1.82, 2.24) is 0 Å². The molecule has 4 nitrogen and oxygen atoms in total. The van der Waals surface area contributed by atoms with Gasteiger partial charge in [-0.25, -0.2) is 8.42 Å². The van der Waals surface area contributed by atoms with Crippen molar-refractivity contribution in [3.63, 3.8) is 0 Å². The van der Waals surface area contributed by atoms with E-state index in [4.69, 9.17) is 0 Å². The van der Waals surface area contributed by atoms with Gasteiger partial charge < -0.3 is 5.32 Å². The summed E-state index contributed by atoms with van der Waals surface area (Å²) in [6.07, 6.45) is 5.82. The Kier molecular flexibility index (Phi) is 6.32. The van der Waals surface area contributed by atoms with Crippen molar-refractivity contribution in [1.29, 1.82) is 0 Å². The average Bonchev–Trinajstić information content (AvgIpc) is 2.65. The first-order valence-corrected chi connectivity index (χ1v) is 12.1. The number of hydrogen-bond acceptors (Lipinski definition) is 4. The van der Waals surface area contributed by atoms with E-state index in [1.165, 1.54) is 11.7 Å². The Hall–Kier alpha value is -2.66. The number of carbonyl (C=O) groups excluding carboxylic acids is 1. The van der Waals surface area contributed by atoms with Gasteiger partial charge in [-0.3, -0.25) is 4.79 Å². The third-order valence-electron chi connectivity index (χ3n) is 5.20. The van der Waals surface area contributed by atoms with Crippen LogP contribution in [-0.2, 0) is 16.3 Å². The molecule has 0 radical (unpaired) electrons. The molecule has 1 aliphatic heterocycles. The Balaban J connectivity index is 1.91. The zero-order chi connectivity index (χ0) is 21.9. The topological polar surface area (TPSA) is 63.2 Å². The molecule has 0 spiro atoms. The van der Waals surface area contributed by atoms with Gasteiger partial charge in [0.15, 0.2) is 15.6 Å². The normalized spacial score (nSPS) is 16.5. The zero-order valence-corrected chi connectivity index (χ0v) is 18.8. The van der Waals surface area contributed by atoms with Crippen molar-refractivity contribution < 1.29 is 13.2 Å². The summed E-state index contributed by atoms with van der Waals surface area (Å²) in [5.41, 5.74) is 4.51. The predicted molar refractivity (Wildman–Crippen MR) is 124 cm³/mol. The number of sulfone groups is 1. The summed E-state index contributed by atoms with van der Waals surface area (Å²) in [5, 5.41) is 4.70. The van der Waals surface area contributed by atoms with Crippen LogP contribution in [0.15, 0.2) is 66.1 Å². The summed E-state index contributed by atoms with van der Waals surface area (Å²) in [6, 6.07) is 15.6. The molecule has 158 valence electrons. The molecule has 0 bridgehead atoms. The molecule has 30 heavy (non-hydrogen) atoms. The summed E-state index contributed by atoms with van der Waals surface area (Å²) in [7, 11) is -3.26. The van der Waals surface area contributed by atoms with Crippen molar-refractivity contribution in [3.8, 4) is 0 Å². The number of ketones is 1. The van der Waals surface area contributed by atoms with Crippen LogP contribution in [-0.4, -0.2) is 26.0 Å². The van der Waals surface area contributed by atoms with E-state index < -0.39 is 9.84 Å². The fourth-order valence-corrected chi connectivity index (χ4v) is 4.46. The number of para-hydroxylation sites is 1. The largest absolute Gasteiger partial charge is 0.376 e. The highest BCUT2D eigenvalue weighted by Crippen LogP contribution is 2.36. The van der Waals surface area contributed by atoms with Crippen molar-refractivity contribution >= 4 is 26.9 Å². The Morgan fingerprint density at radius 1 is 1.10 bits per heavy atom. The van der Waals surface area contributed by atoms with E-state index in [1.54, 1.807) is 6.08 Å². The number of carbonyl (C=O) groups is 1. The Labute approximate surface area is 179 Å². The number of rotatable bonds is 7. The summed E-state index contributed by atoms with van der Waals surface area (Å²) >= 11 is 0. The molecule has 0 saturated heterocycles. The second-order valence-electron chi connectivity index (χ2n) is 8.64. The molecular formula is C25H29NO3S. The standard InChI is InChI=1S/C25H29NO3S/c1-18-17-25(2,3)26-24-21(18)11-8-12-22(24)23(27)16-20(13-14-30(4,28)29)15-19-9-6-5-7-10-19/h5-14,17,20,26H,15-16H2,1-4H3/b14-13+/t20-/m1/s1. The lowest BCUT2D eigenvalue weighted by Crippen LogP contribution is -2.32. The third kappa shape index (κ3) is 5.70. The highest BCUT2D eigenvalue weighted by atomic mass is 32.2. The fourth-order valence-electron chi connectivity index (χ4n) is 3.95. The summed E-state index contributed by atoms with van der Waals surface area (Å²) < 4.78 is 23.3. The number of hydrogen-bond donors (Lipinski definition) is 1. The van der Waals surface area contributed by atoms with Crippen LogP contribution in [0.1, 0.15) is 48.7 Å². The molecule has 2 aromatic rings. The highest BCUT2D eigenvalue weighted by Gasteiger charge is 2.27. The minimum absolute atomic E-state index is 0.00364. The van der Waals surface area contributed by atoms with E-state index in [0.717, 1.165) is 22.4 Å². The van der Waals surface area contributed by atoms with Crippen LogP contribution in [0.2, 0.25) is 0 Å². The number of benzene rings is 2. The van der Waals surface area contributed by atoms with Gasteiger partial charge >= 0.3 is 0 Å². The maximum Gasteiger partial charge on any atom is 0.168 e. The van der Waals surface area contributed by atoms with Crippen LogP contribution in [0.5, 0.6) is 0 Å². The van der Waals surface area contributed by atoms with E-state index in [2.05, 4.69) is 32.2 Å². The quantitative estimate of drug-likeness (QED) is 0.615. The summed E-state index contributed by atoms with van der Waals surface area (Å²) in [6.45, 7) is 6.21. The van der Waals surface area contributed by atoms with Crippen LogP contribution < -0.4 is 5.32 Å². The Morgan fingerprint density at radius 2 is 1.80 bits per heavy atom. The van der Waals surface area contributed by atoms with Gasteiger partial charge in [0.1, 0.15) is 0 Å². The van der Waals surface area contributed by atoms with Gasteiger partial charge in [0, 0.05) is 29.2 Å². The van der Waals surface area contributed by atoms with E-state index in [0.29, 0.717) is 12.0 Å². The lowest BCUT2D eigenvalue weighted by atomic mass is 9.86. The minimum Gasteiger partial charge on any atom is -0.376 e. The van der Waals surface area contributed by atoms with E-state index in [9.17, 15) is 13.2 Å². The maximum absolute atomic E-state index is 13.3. The van der Waals surface area contributed by atoms with Crippen LogP contribution in [0.3, 0.4) is 0 Å². The van der Waals surface area contributed by atoms with E-state index in [-0.39, 0.29) is 23.7 Å². The van der Waals surface area contributed by atoms with Crippen LogP contribution in [0.25, 0.3) is 5.57 Å². The molecule has 1 heterocycles. The fraction of sp³-hybridized carbons (Fsp3) is 0.320. The number of fused-ring (bicyclic) bond motifs is 1. The highest BCUT2D eigenvalue weighted by molar-refractivity contribution is 7.93. The molecule has 1 atom stereocenters. The lowest BCUT2D eigenvalue weighted by molar-refractivity contribution is 0.0970. The molecule has 0 saturated carbocycles. The second kappa shape index (κ2) is 8.60. The Bertz CT molecular complexity index is 1100. The maximum atomic E-state index is 13.3. The first-order valence-electron chi connectivity index (χ1n) is 10.1.